The number of likely N-dealkylation sites (tertiary alicyclic amines) is 2. The molecule has 6 rings (SSSR count). The maximum Gasteiger partial charge on any atom is 0.316 e. The predicted molar refractivity (Wildman–Crippen MR) is 141 cm³/mol. The zero-order valence-electron chi connectivity index (χ0n) is 23.7. The fourth-order valence-corrected chi connectivity index (χ4v) is 8.80. The van der Waals surface area contributed by atoms with E-state index >= 15 is 0 Å². The van der Waals surface area contributed by atoms with Crippen molar-refractivity contribution < 1.29 is 33.5 Å². The van der Waals surface area contributed by atoms with Crippen LogP contribution >= 0.6 is 0 Å². The number of esters is 2. The van der Waals surface area contributed by atoms with Crippen LogP contribution in [0.1, 0.15) is 60.3 Å². The van der Waals surface area contributed by atoms with Gasteiger partial charge in [-0.2, -0.15) is 0 Å². The van der Waals surface area contributed by atoms with Gasteiger partial charge in [-0.1, -0.05) is 38.2 Å². The van der Waals surface area contributed by atoms with Gasteiger partial charge >= 0.3 is 11.9 Å². The van der Waals surface area contributed by atoms with Crippen molar-refractivity contribution >= 4 is 35.6 Å². The summed E-state index contributed by atoms with van der Waals surface area (Å²) in [4.78, 5) is 81.1. The molecule has 6 aliphatic rings. The highest BCUT2D eigenvalue weighted by atomic mass is 16.6. The quantitative estimate of drug-likeness (QED) is 0.197. The summed E-state index contributed by atoms with van der Waals surface area (Å²) in [5, 5.41) is 0. The predicted octanol–water partition coefficient (Wildman–Crippen LogP) is 2.89. The zero-order chi connectivity index (χ0) is 28.8. The van der Waals surface area contributed by atoms with Crippen LogP contribution in [0, 0.1) is 59.2 Å². The second-order valence-electron chi connectivity index (χ2n) is 13.7. The molecule has 0 N–H and O–H groups in total. The number of fused-ring (bicyclic) bond motifs is 10. The van der Waals surface area contributed by atoms with E-state index in [2.05, 4.69) is 0 Å². The van der Waals surface area contributed by atoms with E-state index < -0.39 is 35.4 Å². The number of amides is 4. The summed E-state index contributed by atoms with van der Waals surface area (Å²) >= 11 is 0. The maximum atomic E-state index is 13.3. The fraction of sp³-hybridized carbons (Fsp3) is 0.677. The molecule has 0 radical (unpaired) electrons. The Morgan fingerprint density at radius 3 is 1.60 bits per heavy atom. The third kappa shape index (κ3) is 3.86. The highest BCUT2D eigenvalue weighted by molar-refractivity contribution is 6.07. The third-order valence-electron chi connectivity index (χ3n) is 10.5. The van der Waals surface area contributed by atoms with Crippen LogP contribution < -0.4 is 0 Å². The van der Waals surface area contributed by atoms with Crippen LogP contribution in [0.2, 0.25) is 0 Å². The van der Waals surface area contributed by atoms with Gasteiger partial charge < -0.3 is 4.74 Å². The molecule has 9 nitrogen and oxygen atoms in total. The summed E-state index contributed by atoms with van der Waals surface area (Å²) in [6, 6.07) is -0.490. The Hall–Kier alpha value is -3.10. The maximum absolute atomic E-state index is 13.3. The number of allylic oxidation sites excluding steroid dienone is 4. The second kappa shape index (κ2) is 9.21. The van der Waals surface area contributed by atoms with Crippen molar-refractivity contribution in [3.63, 3.8) is 0 Å². The second-order valence-corrected chi connectivity index (χ2v) is 13.7. The van der Waals surface area contributed by atoms with Crippen LogP contribution in [0.15, 0.2) is 24.3 Å². The molecule has 11 unspecified atom stereocenters. The molecule has 40 heavy (non-hydrogen) atoms. The minimum Gasteiger partial charge on any atom is -0.393 e. The number of hydrogen-bond acceptors (Lipinski definition) is 7. The number of imide groups is 2. The molecule has 9 heteroatoms. The average Bonchev–Trinajstić information content (AvgIpc) is 3.71. The molecule has 2 aliphatic heterocycles. The van der Waals surface area contributed by atoms with E-state index in [0.717, 1.165) is 12.8 Å². The smallest absolute Gasteiger partial charge is 0.316 e. The molecule has 0 aromatic heterocycles. The lowest BCUT2D eigenvalue weighted by Crippen LogP contribution is -2.50. The van der Waals surface area contributed by atoms with Gasteiger partial charge in [0.15, 0.2) is 0 Å². The molecule has 4 fully saturated rings. The standard InChI is InChI=1S/C31H38N2O7/c1-14(10-16(3)32-25(34)21-17-6-7-18(11-17)22(21)26(32)35)29(38)40-30(39)15(2)13-31(4,5)33-27(36)23-19-8-9-20(12-19)24(23)28(33)37/h6-9,14-24H,10-13H2,1-5H3. The van der Waals surface area contributed by atoms with Gasteiger partial charge in [0.05, 0.1) is 35.5 Å². The van der Waals surface area contributed by atoms with Crippen LogP contribution in [-0.4, -0.2) is 56.9 Å². The van der Waals surface area contributed by atoms with E-state index in [-0.39, 0.29) is 83.8 Å². The molecule has 4 amide bonds. The number of carbonyl (C=O) groups excluding carboxylic acids is 6. The summed E-state index contributed by atoms with van der Waals surface area (Å²) in [6.45, 7) is 8.56. The summed E-state index contributed by atoms with van der Waals surface area (Å²) < 4.78 is 5.22. The van der Waals surface area contributed by atoms with E-state index in [1.165, 1.54) is 9.80 Å². The number of rotatable bonds is 8. The van der Waals surface area contributed by atoms with Crippen LogP contribution in [0.4, 0.5) is 0 Å². The van der Waals surface area contributed by atoms with Crippen molar-refractivity contribution in [2.75, 3.05) is 0 Å². The molecule has 0 aromatic rings. The van der Waals surface area contributed by atoms with Crippen molar-refractivity contribution in [1.29, 1.82) is 0 Å². The van der Waals surface area contributed by atoms with Gasteiger partial charge in [-0.25, -0.2) is 0 Å². The number of nitrogens with zero attached hydrogens (tertiary/aromatic N) is 2. The van der Waals surface area contributed by atoms with E-state index in [0.29, 0.717) is 0 Å². The highest BCUT2D eigenvalue weighted by Crippen LogP contribution is 2.54. The zero-order valence-corrected chi connectivity index (χ0v) is 23.7. The van der Waals surface area contributed by atoms with Crippen molar-refractivity contribution in [1.82, 2.24) is 9.80 Å². The number of ether oxygens (including phenoxy) is 1. The largest absolute Gasteiger partial charge is 0.393 e. The molecule has 0 aromatic carbocycles. The van der Waals surface area contributed by atoms with Crippen molar-refractivity contribution in [3.8, 4) is 0 Å². The van der Waals surface area contributed by atoms with Crippen LogP contribution in [0.25, 0.3) is 0 Å². The Balaban J connectivity index is 1.03. The highest BCUT2D eigenvalue weighted by Gasteiger charge is 2.62. The minimum absolute atomic E-state index is 0.105. The number of carbonyl (C=O) groups is 6. The minimum atomic E-state index is -0.914. The Bertz CT molecular complexity index is 1210. The van der Waals surface area contributed by atoms with Crippen LogP contribution in [0.3, 0.4) is 0 Å². The summed E-state index contributed by atoms with van der Waals surface area (Å²) in [5.41, 5.74) is -0.914. The first kappa shape index (κ1) is 27.1. The summed E-state index contributed by atoms with van der Waals surface area (Å²) in [7, 11) is 0. The van der Waals surface area contributed by atoms with Gasteiger partial charge in [-0.05, 0) is 70.1 Å². The monoisotopic (exact) mass is 550 g/mol. The average molecular weight is 551 g/mol. The molecular weight excluding hydrogens is 512 g/mol. The van der Waals surface area contributed by atoms with Gasteiger partial charge in [-0.15, -0.1) is 0 Å². The first-order valence-corrected chi connectivity index (χ1v) is 14.7. The lowest BCUT2D eigenvalue weighted by Gasteiger charge is -2.36. The fourth-order valence-electron chi connectivity index (χ4n) is 8.80. The summed E-state index contributed by atoms with van der Waals surface area (Å²) in [5.74, 6) is -4.30. The molecule has 11 atom stereocenters. The number of hydrogen-bond donors (Lipinski definition) is 0. The van der Waals surface area contributed by atoms with Crippen molar-refractivity contribution in [3.05, 3.63) is 24.3 Å². The molecule has 0 spiro atoms. The summed E-state index contributed by atoms with van der Waals surface area (Å²) in [6.07, 6.45) is 10.2. The SMILES string of the molecule is CC(CC(C)N1C(=O)C2C3C=CC(C3)C2C1=O)C(=O)OC(=O)C(C)CC(C)(C)N1C(=O)C2C3C=CC(C3)C2C1=O. The van der Waals surface area contributed by atoms with Gasteiger partial charge in [0, 0.05) is 11.6 Å². The molecular formula is C31H38N2O7. The molecule has 2 saturated carbocycles. The Morgan fingerprint density at radius 2 is 1.15 bits per heavy atom. The van der Waals surface area contributed by atoms with Crippen LogP contribution in [-0.2, 0) is 33.5 Å². The van der Waals surface area contributed by atoms with E-state index in [1.54, 1.807) is 34.6 Å². The normalized spacial score (nSPS) is 37.4. The topological polar surface area (TPSA) is 118 Å². The van der Waals surface area contributed by atoms with Gasteiger partial charge in [0.2, 0.25) is 23.6 Å². The molecule has 4 aliphatic carbocycles. The van der Waals surface area contributed by atoms with E-state index in [9.17, 15) is 28.8 Å². The lowest BCUT2D eigenvalue weighted by molar-refractivity contribution is -0.167. The van der Waals surface area contributed by atoms with Gasteiger partial charge in [0.25, 0.3) is 0 Å². The molecule has 2 heterocycles. The molecule has 2 saturated heterocycles. The molecule has 4 bridgehead atoms. The Labute approximate surface area is 234 Å². The Kier molecular flexibility index (Phi) is 6.24. The molecule has 214 valence electrons. The third-order valence-corrected chi connectivity index (χ3v) is 10.5. The van der Waals surface area contributed by atoms with Crippen LogP contribution in [0.5, 0.6) is 0 Å². The van der Waals surface area contributed by atoms with E-state index in [1.807, 2.05) is 24.3 Å². The lowest BCUT2D eigenvalue weighted by atomic mass is 9.85. The van der Waals surface area contributed by atoms with Crippen molar-refractivity contribution in [2.45, 2.75) is 71.9 Å². The van der Waals surface area contributed by atoms with E-state index in [4.69, 9.17) is 4.74 Å². The first-order chi connectivity index (χ1) is 18.8. The first-order valence-electron chi connectivity index (χ1n) is 14.7. The van der Waals surface area contributed by atoms with Crippen molar-refractivity contribution in [2.24, 2.45) is 59.2 Å². The Morgan fingerprint density at radius 1 is 0.750 bits per heavy atom. The van der Waals surface area contributed by atoms with Gasteiger partial charge in [0.1, 0.15) is 0 Å². The van der Waals surface area contributed by atoms with Gasteiger partial charge in [-0.3, -0.25) is 38.6 Å².